The molecule has 0 bridgehead atoms. The van der Waals surface area contributed by atoms with Crippen LogP contribution in [-0.4, -0.2) is 0 Å². The van der Waals surface area contributed by atoms with Crippen molar-refractivity contribution in [1.29, 1.82) is 0 Å². The maximum absolute atomic E-state index is 6.16. The molecule has 0 unspecified atom stereocenters. The molecule has 0 radical (unpaired) electrons. The molecule has 4 heterocycles. The van der Waals surface area contributed by atoms with Crippen molar-refractivity contribution in [2.75, 3.05) is 0 Å². The van der Waals surface area contributed by atoms with E-state index in [0.717, 1.165) is 56.9 Å². The molecule has 0 atom stereocenters. The van der Waals surface area contributed by atoms with E-state index in [9.17, 15) is 0 Å². The molecule has 4 aromatic heterocycles. The quantitative estimate of drug-likeness (QED) is 0.130. The Bertz CT molecular complexity index is 2590. The van der Waals surface area contributed by atoms with Crippen LogP contribution < -0.4 is 27.7 Å². The number of nitrogens with zero attached hydrogens (tertiary/aromatic N) is 4. The summed E-state index contributed by atoms with van der Waals surface area (Å²) in [7, 11) is 0. The zero-order valence-corrected chi connectivity index (χ0v) is 32.4. The smallest absolute Gasteiger partial charge is 0.210 e. The van der Waals surface area contributed by atoms with Crippen LogP contribution in [0.25, 0.3) is 45.0 Å². The van der Waals surface area contributed by atoms with Gasteiger partial charge in [-0.25, -0.2) is 0 Å². The van der Waals surface area contributed by atoms with Crippen LogP contribution in [0.3, 0.4) is 0 Å². The molecule has 0 fully saturated rings. The minimum absolute atomic E-state index is 0.736. The zero-order chi connectivity index (χ0) is 39.3. The van der Waals surface area contributed by atoms with Gasteiger partial charge in [-0.3, -0.25) is 0 Å². The van der Waals surface area contributed by atoms with Gasteiger partial charge in [-0.2, -0.15) is 18.3 Å². The molecule has 9 aromatic rings. The summed E-state index contributed by atoms with van der Waals surface area (Å²) in [6, 6.07) is 58.0. The Morgan fingerprint density at radius 2 is 0.534 bits per heavy atom. The van der Waals surface area contributed by atoms with Crippen LogP contribution in [0, 0.1) is 13.8 Å². The first kappa shape index (κ1) is 36.0. The van der Waals surface area contributed by atoms with E-state index in [1.165, 1.54) is 22.3 Å². The number of aromatic nitrogens is 4. The molecule has 278 valence electrons. The van der Waals surface area contributed by atoms with E-state index in [1.54, 1.807) is 0 Å². The van der Waals surface area contributed by atoms with Gasteiger partial charge in [-0.1, -0.05) is 24.3 Å². The maximum atomic E-state index is 6.16. The number of benzene rings is 5. The molecule has 0 aliphatic heterocycles. The van der Waals surface area contributed by atoms with Gasteiger partial charge in [0.05, 0.1) is 0 Å². The summed E-state index contributed by atoms with van der Waals surface area (Å²) in [6.07, 6.45) is 16.8. The molecule has 58 heavy (non-hydrogen) atoms. The molecule has 0 aliphatic rings. The van der Waals surface area contributed by atoms with Crippen molar-refractivity contribution in [3.63, 3.8) is 0 Å². The highest BCUT2D eigenvalue weighted by Crippen LogP contribution is 2.28. The third-order valence-electron chi connectivity index (χ3n) is 10.1. The lowest BCUT2D eigenvalue weighted by Gasteiger charge is -2.08. The normalized spacial score (nSPS) is 10.9. The van der Waals surface area contributed by atoms with Gasteiger partial charge in [-0.05, 0) is 95.8 Å². The Balaban J connectivity index is 0.777. The second-order valence-corrected chi connectivity index (χ2v) is 14.3. The summed E-state index contributed by atoms with van der Waals surface area (Å²) in [4.78, 5) is 0. The molecular weight excluding hydrogens is 713 g/mol. The molecule has 0 N–H and O–H groups in total. The average Bonchev–Trinajstić information content (AvgIpc) is 3.28. The Labute approximate surface area is 339 Å². The largest absolute Gasteiger partial charge is 0.457 e. The van der Waals surface area contributed by atoms with E-state index >= 15 is 0 Å². The Morgan fingerprint density at radius 1 is 0.276 bits per heavy atom. The van der Waals surface area contributed by atoms with Crippen LogP contribution in [0.1, 0.15) is 11.1 Å². The van der Waals surface area contributed by atoms with Crippen LogP contribution in [0.5, 0.6) is 23.0 Å². The van der Waals surface area contributed by atoms with E-state index in [-0.39, 0.29) is 0 Å². The third-order valence-corrected chi connectivity index (χ3v) is 10.1. The van der Waals surface area contributed by atoms with Gasteiger partial charge >= 0.3 is 0 Å². The highest BCUT2D eigenvalue weighted by Gasteiger charge is 2.13. The van der Waals surface area contributed by atoms with E-state index in [2.05, 4.69) is 203 Å². The predicted octanol–water partition coefficient (Wildman–Crippen LogP) is 10.3. The average molecular weight is 755 g/mol. The van der Waals surface area contributed by atoms with Gasteiger partial charge in [0.15, 0.2) is 49.6 Å². The molecule has 0 saturated carbocycles. The van der Waals surface area contributed by atoms with Crippen molar-refractivity contribution in [2.45, 2.75) is 13.8 Å². The maximum Gasteiger partial charge on any atom is 0.210 e. The molecule has 5 aromatic carbocycles. The Hall–Kier alpha value is -7.70. The fraction of sp³-hybridized carbons (Fsp3) is 0.0385. The molecule has 0 saturated heterocycles. The molecule has 0 aliphatic carbocycles. The highest BCUT2D eigenvalue weighted by atomic mass is 16.5. The lowest BCUT2D eigenvalue weighted by Crippen LogP contribution is -2.29. The number of hydrogen-bond acceptors (Lipinski definition) is 2. The standard InChI is InChI=1S/C52H42N4O2/c1-39-5-3-7-47(37-39)55-33-25-43(26-34-55)41-21-29-53(30-22-41)45-9-13-49(14-10-45)57-51-17-19-52(20-18-51)58-50-15-11-46(12-16-50)54-31-23-42(24-32-54)44-27-35-56(36-28-44)48-8-4-6-40(2)38-48/h3-38H,1-2H3/q+4. The van der Waals surface area contributed by atoms with Crippen LogP contribution >= 0.6 is 0 Å². The van der Waals surface area contributed by atoms with Crippen LogP contribution in [0.2, 0.25) is 0 Å². The fourth-order valence-electron chi connectivity index (χ4n) is 6.96. The minimum atomic E-state index is 0.736. The van der Waals surface area contributed by atoms with Crippen LogP contribution in [-0.2, 0) is 0 Å². The SMILES string of the molecule is Cc1cccc(-[n+]2ccc(-c3cc[n+](-c4ccc(Oc5ccc(Oc6ccc(-[n+]7ccc(-c8cc[n+](-c9cccc(C)c9)cc8)cc7)cc6)cc5)cc4)cc3)cc2)c1. The summed E-state index contributed by atoms with van der Waals surface area (Å²) in [5.41, 5.74) is 11.6. The van der Waals surface area contributed by atoms with Crippen LogP contribution in [0.15, 0.2) is 219 Å². The molecule has 9 rings (SSSR count). The van der Waals surface area contributed by atoms with Gasteiger partial charge in [0, 0.05) is 97.1 Å². The van der Waals surface area contributed by atoms with E-state index in [0.29, 0.717) is 0 Å². The number of rotatable bonds is 10. The van der Waals surface area contributed by atoms with E-state index in [1.807, 2.05) is 48.5 Å². The van der Waals surface area contributed by atoms with E-state index in [4.69, 9.17) is 9.47 Å². The summed E-state index contributed by atoms with van der Waals surface area (Å²) in [5.74, 6) is 2.99. The monoisotopic (exact) mass is 754 g/mol. The van der Waals surface area contributed by atoms with Gasteiger partial charge in [-0.15, -0.1) is 0 Å². The van der Waals surface area contributed by atoms with Crippen molar-refractivity contribution in [3.8, 4) is 68.0 Å². The topological polar surface area (TPSA) is 34.0 Å². The molecular formula is C52H42N4O2+4. The van der Waals surface area contributed by atoms with Crippen molar-refractivity contribution < 1.29 is 27.7 Å². The van der Waals surface area contributed by atoms with Crippen molar-refractivity contribution in [3.05, 3.63) is 231 Å². The number of aryl methyl sites for hydroxylation is 2. The van der Waals surface area contributed by atoms with Gasteiger partial charge in [0.1, 0.15) is 23.0 Å². The number of ether oxygens (including phenoxy) is 2. The van der Waals surface area contributed by atoms with Crippen molar-refractivity contribution in [2.24, 2.45) is 0 Å². The van der Waals surface area contributed by atoms with E-state index < -0.39 is 0 Å². The van der Waals surface area contributed by atoms with Gasteiger partial charge in [0.25, 0.3) is 0 Å². The Kier molecular flexibility index (Phi) is 10.0. The summed E-state index contributed by atoms with van der Waals surface area (Å²) in [5, 5.41) is 0. The lowest BCUT2D eigenvalue weighted by molar-refractivity contribution is -0.596. The second-order valence-electron chi connectivity index (χ2n) is 14.3. The van der Waals surface area contributed by atoms with Crippen molar-refractivity contribution >= 4 is 0 Å². The first-order valence-electron chi connectivity index (χ1n) is 19.4. The van der Waals surface area contributed by atoms with Gasteiger partial charge in [0.2, 0.25) is 22.7 Å². The fourth-order valence-corrected chi connectivity index (χ4v) is 6.96. The zero-order valence-electron chi connectivity index (χ0n) is 32.4. The van der Waals surface area contributed by atoms with Crippen LogP contribution in [0.4, 0.5) is 0 Å². The predicted molar refractivity (Wildman–Crippen MR) is 226 cm³/mol. The highest BCUT2D eigenvalue weighted by molar-refractivity contribution is 5.62. The summed E-state index contributed by atoms with van der Waals surface area (Å²) >= 11 is 0. The first-order valence-corrected chi connectivity index (χ1v) is 19.4. The molecule has 6 nitrogen and oxygen atoms in total. The minimum Gasteiger partial charge on any atom is -0.457 e. The number of pyridine rings is 4. The second kappa shape index (κ2) is 16.2. The number of hydrogen-bond donors (Lipinski definition) is 0. The van der Waals surface area contributed by atoms with Gasteiger partial charge < -0.3 is 9.47 Å². The van der Waals surface area contributed by atoms with Crippen molar-refractivity contribution in [1.82, 2.24) is 0 Å². The molecule has 0 spiro atoms. The summed E-state index contributed by atoms with van der Waals surface area (Å²) in [6.45, 7) is 4.23. The Morgan fingerprint density at radius 3 is 0.810 bits per heavy atom. The first-order chi connectivity index (χ1) is 28.5. The molecule has 0 amide bonds. The molecule has 6 heteroatoms. The lowest BCUT2D eigenvalue weighted by atomic mass is 10.1. The summed E-state index contributed by atoms with van der Waals surface area (Å²) < 4.78 is 20.8. The third kappa shape index (κ3) is 8.27.